The average Bonchev–Trinajstić information content (AvgIpc) is 3.32. The number of benzene rings is 2. The van der Waals surface area contributed by atoms with Gasteiger partial charge in [-0.2, -0.15) is 0 Å². The van der Waals surface area contributed by atoms with E-state index >= 15 is 0 Å². The topological polar surface area (TPSA) is 81.5 Å². The smallest absolute Gasteiger partial charge is 0.348 e. The molecule has 4 aromatic rings. The Morgan fingerprint density at radius 3 is 2.63 bits per heavy atom. The van der Waals surface area contributed by atoms with Crippen molar-refractivity contribution in [3.05, 3.63) is 59.2 Å². The lowest BCUT2D eigenvalue weighted by molar-refractivity contribution is 0.0464. The Morgan fingerprint density at radius 2 is 1.93 bits per heavy atom. The summed E-state index contributed by atoms with van der Waals surface area (Å²) in [6, 6.07) is 14.5. The molecule has 4 rings (SSSR count). The fourth-order valence-electron chi connectivity index (χ4n) is 3.28. The van der Waals surface area contributed by atoms with E-state index in [2.05, 4.69) is 4.98 Å². The minimum Gasteiger partial charge on any atom is -0.453 e. The molecule has 30 heavy (non-hydrogen) atoms. The third-order valence-corrected chi connectivity index (χ3v) is 7.76. The average molecular weight is 444 g/mol. The van der Waals surface area contributed by atoms with E-state index in [4.69, 9.17) is 4.74 Å². The SMILES string of the molecule is CCn1c(COC(=O)c2cc3ccccc3s2)nc2cc(S(=O)(=O)N(C)C)ccc21. The zero-order chi connectivity index (χ0) is 21.5. The second-order valence-corrected chi connectivity index (χ2v) is 10.2. The predicted molar refractivity (Wildman–Crippen MR) is 117 cm³/mol. The Kier molecular flexibility index (Phi) is 5.35. The molecule has 0 atom stereocenters. The van der Waals surface area contributed by atoms with Gasteiger partial charge in [0.05, 0.1) is 15.9 Å². The zero-order valence-electron chi connectivity index (χ0n) is 16.8. The van der Waals surface area contributed by atoms with Crippen LogP contribution in [0, 0.1) is 0 Å². The van der Waals surface area contributed by atoms with Crippen molar-refractivity contribution >= 4 is 48.4 Å². The molecule has 2 heterocycles. The number of fused-ring (bicyclic) bond motifs is 2. The normalized spacial score (nSPS) is 12.1. The van der Waals surface area contributed by atoms with Gasteiger partial charge in [-0.05, 0) is 42.6 Å². The van der Waals surface area contributed by atoms with E-state index in [1.807, 2.05) is 41.8 Å². The van der Waals surface area contributed by atoms with Gasteiger partial charge < -0.3 is 9.30 Å². The van der Waals surface area contributed by atoms with Crippen molar-refractivity contribution < 1.29 is 17.9 Å². The number of aromatic nitrogens is 2. The maximum absolute atomic E-state index is 12.5. The number of imidazole rings is 1. The standard InChI is InChI=1S/C21H21N3O4S2/c1-4-24-17-10-9-15(30(26,27)23(2)3)12-16(17)22-20(24)13-28-21(25)19-11-14-7-5-6-8-18(14)29-19/h5-12H,4,13H2,1-3H3. The first-order valence-corrected chi connectivity index (χ1v) is 11.6. The number of thiophene rings is 1. The van der Waals surface area contributed by atoms with Crippen molar-refractivity contribution in [1.29, 1.82) is 0 Å². The molecule has 0 aliphatic carbocycles. The predicted octanol–water partition coefficient (Wildman–Crippen LogP) is 3.88. The van der Waals surface area contributed by atoms with Crippen LogP contribution < -0.4 is 0 Å². The molecular weight excluding hydrogens is 422 g/mol. The van der Waals surface area contributed by atoms with Crippen LogP contribution in [0.15, 0.2) is 53.4 Å². The van der Waals surface area contributed by atoms with E-state index in [1.165, 1.54) is 29.7 Å². The minimum absolute atomic E-state index is 0.00532. The van der Waals surface area contributed by atoms with Crippen LogP contribution in [0.4, 0.5) is 0 Å². The zero-order valence-corrected chi connectivity index (χ0v) is 18.5. The molecule has 0 radical (unpaired) electrons. The van der Waals surface area contributed by atoms with Gasteiger partial charge in [0.2, 0.25) is 10.0 Å². The van der Waals surface area contributed by atoms with Gasteiger partial charge in [-0.25, -0.2) is 22.5 Å². The lowest BCUT2D eigenvalue weighted by atomic mass is 10.2. The molecule has 0 aliphatic rings. The Hall–Kier alpha value is -2.75. The molecule has 0 spiro atoms. The molecule has 7 nitrogen and oxygen atoms in total. The van der Waals surface area contributed by atoms with E-state index in [-0.39, 0.29) is 11.5 Å². The second kappa shape index (κ2) is 7.82. The Balaban J connectivity index is 1.61. The van der Waals surface area contributed by atoms with Crippen molar-refractivity contribution in [2.24, 2.45) is 0 Å². The first-order chi connectivity index (χ1) is 14.3. The van der Waals surface area contributed by atoms with Gasteiger partial charge in [0.25, 0.3) is 0 Å². The number of carbonyl (C=O) groups excluding carboxylic acids is 1. The number of aryl methyl sites for hydroxylation is 1. The summed E-state index contributed by atoms with van der Waals surface area (Å²) in [5.41, 5.74) is 1.34. The van der Waals surface area contributed by atoms with Gasteiger partial charge in [0.15, 0.2) is 0 Å². The number of hydrogen-bond donors (Lipinski definition) is 0. The number of carbonyl (C=O) groups is 1. The fraction of sp³-hybridized carbons (Fsp3) is 0.238. The highest BCUT2D eigenvalue weighted by molar-refractivity contribution is 7.89. The van der Waals surface area contributed by atoms with Crippen molar-refractivity contribution in [3.63, 3.8) is 0 Å². The van der Waals surface area contributed by atoms with E-state index in [1.54, 1.807) is 18.2 Å². The lowest BCUT2D eigenvalue weighted by Crippen LogP contribution is -2.22. The van der Waals surface area contributed by atoms with Crippen LogP contribution in [0.1, 0.15) is 22.4 Å². The summed E-state index contributed by atoms with van der Waals surface area (Å²) in [6.07, 6.45) is 0. The van der Waals surface area contributed by atoms with Gasteiger partial charge in [0.1, 0.15) is 17.3 Å². The van der Waals surface area contributed by atoms with Crippen LogP contribution in [0.25, 0.3) is 21.1 Å². The fourth-order valence-corrected chi connectivity index (χ4v) is 5.16. The molecule has 0 saturated carbocycles. The van der Waals surface area contributed by atoms with Crippen LogP contribution in [0.3, 0.4) is 0 Å². The van der Waals surface area contributed by atoms with Crippen molar-refractivity contribution in [1.82, 2.24) is 13.9 Å². The molecule has 156 valence electrons. The molecule has 9 heteroatoms. The lowest BCUT2D eigenvalue weighted by Gasteiger charge is -2.11. The third-order valence-electron chi connectivity index (χ3n) is 4.85. The monoisotopic (exact) mass is 443 g/mol. The van der Waals surface area contributed by atoms with Gasteiger partial charge in [-0.15, -0.1) is 11.3 Å². The summed E-state index contributed by atoms with van der Waals surface area (Å²) in [6.45, 7) is 2.58. The highest BCUT2D eigenvalue weighted by Gasteiger charge is 2.20. The molecule has 2 aromatic carbocycles. The van der Waals surface area contributed by atoms with Crippen LogP contribution in [-0.2, 0) is 27.9 Å². The molecule has 0 fully saturated rings. The van der Waals surface area contributed by atoms with Crippen LogP contribution >= 0.6 is 11.3 Å². The van der Waals surface area contributed by atoms with Gasteiger partial charge in [-0.1, -0.05) is 18.2 Å². The number of nitrogens with zero attached hydrogens (tertiary/aromatic N) is 3. The molecular formula is C21H21N3O4S2. The molecule has 2 aromatic heterocycles. The largest absolute Gasteiger partial charge is 0.453 e. The van der Waals surface area contributed by atoms with Crippen LogP contribution in [-0.4, -0.2) is 42.3 Å². The number of sulfonamides is 1. The molecule has 0 aliphatic heterocycles. The number of rotatable bonds is 6. The maximum Gasteiger partial charge on any atom is 0.348 e. The van der Waals surface area contributed by atoms with E-state index in [0.29, 0.717) is 22.8 Å². The summed E-state index contributed by atoms with van der Waals surface area (Å²) in [5.74, 6) is 0.170. The van der Waals surface area contributed by atoms with Gasteiger partial charge in [0, 0.05) is 25.3 Å². The number of esters is 1. The summed E-state index contributed by atoms with van der Waals surface area (Å²) in [7, 11) is -0.575. The van der Waals surface area contributed by atoms with E-state index < -0.39 is 16.0 Å². The van der Waals surface area contributed by atoms with E-state index in [9.17, 15) is 13.2 Å². The first kappa shape index (κ1) is 20.5. The highest BCUT2D eigenvalue weighted by Crippen LogP contribution is 2.27. The highest BCUT2D eigenvalue weighted by atomic mass is 32.2. The van der Waals surface area contributed by atoms with Crippen LogP contribution in [0.5, 0.6) is 0 Å². The molecule has 0 saturated heterocycles. The Morgan fingerprint density at radius 1 is 1.17 bits per heavy atom. The Labute approximate surface area is 178 Å². The van der Waals surface area contributed by atoms with Crippen molar-refractivity contribution in [3.8, 4) is 0 Å². The van der Waals surface area contributed by atoms with Crippen molar-refractivity contribution in [2.45, 2.75) is 25.0 Å². The molecule has 0 amide bonds. The molecule has 0 unspecified atom stereocenters. The quantitative estimate of drug-likeness (QED) is 0.423. The van der Waals surface area contributed by atoms with Gasteiger partial charge >= 0.3 is 5.97 Å². The first-order valence-electron chi connectivity index (χ1n) is 9.38. The summed E-state index contributed by atoms with van der Waals surface area (Å²) in [4.78, 5) is 17.8. The maximum atomic E-state index is 12.5. The number of ether oxygens (including phenoxy) is 1. The Bertz CT molecular complexity index is 1320. The minimum atomic E-state index is -3.55. The van der Waals surface area contributed by atoms with Crippen molar-refractivity contribution in [2.75, 3.05) is 14.1 Å². The van der Waals surface area contributed by atoms with Gasteiger partial charge in [-0.3, -0.25) is 0 Å². The summed E-state index contributed by atoms with van der Waals surface area (Å²) < 4.78 is 34.4. The summed E-state index contributed by atoms with van der Waals surface area (Å²) >= 11 is 1.39. The second-order valence-electron chi connectivity index (χ2n) is 6.93. The molecule has 0 N–H and O–H groups in total. The van der Waals surface area contributed by atoms with E-state index in [0.717, 1.165) is 15.6 Å². The van der Waals surface area contributed by atoms with Crippen LogP contribution in [0.2, 0.25) is 0 Å². The number of hydrogen-bond acceptors (Lipinski definition) is 6. The molecule has 0 bridgehead atoms. The summed E-state index contributed by atoms with van der Waals surface area (Å²) in [5, 5.41) is 1.00. The third kappa shape index (κ3) is 3.60.